The SMILES string of the molecule is CN(C)CC(C)(C)CNC(=O)c1cccc([N+](=O)[O-])c1N. The zero-order chi connectivity index (χ0) is 16.2. The highest BCUT2D eigenvalue weighted by molar-refractivity contribution is 6.00. The number of rotatable bonds is 6. The van der Waals surface area contributed by atoms with E-state index in [9.17, 15) is 14.9 Å². The van der Waals surface area contributed by atoms with Crippen LogP contribution in [0.15, 0.2) is 18.2 Å². The summed E-state index contributed by atoms with van der Waals surface area (Å²) in [4.78, 5) is 24.4. The lowest BCUT2D eigenvalue weighted by Crippen LogP contribution is -2.40. The van der Waals surface area contributed by atoms with Gasteiger partial charge in [-0.25, -0.2) is 0 Å². The fourth-order valence-electron chi connectivity index (χ4n) is 2.24. The summed E-state index contributed by atoms with van der Waals surface area (Å²) in [6.07, 6.45) is 0. The molecule has 0 aromatic heterocycles. The van der Waals surface area contributed by atoms with Crippen molar-refractivity contribution in [3.63, 3.8) is 0 Å². The molecule has 0 heterocycles. The Bertz CT molecular complexity index is 541. The van der Waals surface area contributed by atoms with E-state index in [1.165, 1.54) is 18.2 Å². The van der Waals surface area contributed by atoms with E-state index in [0.29, 0.717) is 6.54 Å². The zero-order valence-corrected chi connectivity index (χ0v) is 12.8. The summed E-state index contributed by atoms with van der Waals surface area (Å²) in [5.74, 6) is -0.400. The Labute approximate surface area is 124 Å². The van der Waals surface area contributed by atoms with Crippen LogP contribution in [0.1, 0.15) is 24.2 Å². The summed E-state index contributed by atoms with van der Waals surface area (Å²) in [5.41, 5.74) is 5.35. The second-order valence-electron chi connectivity index (χ2n) is 6.08. The standard InChI is InChI=1S/C14H22N4O3/c1-14(2,9-17(3)4)8-16-13(19)10-6-5-7-11(12(10)15)18(20)21/h5-7H,8-9,15H2,1-4H3,(H,16,19). The quantitative estimate of drug-likeness (QED) is 0.470. The van der Waals surface area contributed by atoms with Gasteiger partial charge in [-0.05, 0) is 25.6 Å². The number of carbonyl (C=O) groups excluding carboxylic acids is 1. The average molecular weight is 294 g/mol. The number of para-hydroxylation sites is 1. The van der Waals surface area contributed by atoms with E-state index in [0.717, 1.165) is 6.54 Å². The molecule has 0 saturated heterocycles. The molecule has 1 amide bonds. The molecular formula is C14H22N4O3. The third kappa shape index (κ3) is 4.71. The minimum atomic E-state index is -0.595. The van der Waals surface area contributed by atoms with E-state index in [2.05, 4.69) is 5.32 Å². The highest BCUT2D eigenvalue weighted by Crippen LogP contribution is 2.25. The molecule has 1 aromatic rings. The number of amides is 1. The molecule has 3 N–H and O–H groups in total. The van der Waals surface area contributed by atoms with Crippen molar-refractivity contribution in [1.82, 2.24) is 10.2 Å². The lowest BCUT2D eigenvalue weighted by atomic mass is 9.93. The van der Waals surface area contributed by atoms with Crippen molar-refractivity contribution in [1.29, 1.82) is 0 Å². The molecule has 0 unspecified atom stereocenters. The number of carbonyl (C=O) groups is 1. The first-order valence-electron chi connectivity index (χ1n) is 6.60. The monoisotopic (exact) mass is 294 g/mol. The maximum Gasteiger partial charge on any atom is 0.292 e. The van der Waals surface area contributed by atoms with E-state index in [1.54, 1.807) is 0 Å². The van der Waals surface area contributed by atoms with Crippen LogP contribution in [-0.2, 0) is 0 Å². The van der Waals surface area contributed by atoms with E-state index in [1.807, 2.05) is 32.8 Å². The van der Waals surface area contributed by atoms with Crippen molar-refractivity contribution in [3.8, 4) is 0 Å². The van der Waals surface area contributed by atoms with Crippen LogP contribution in [0.4, 0.5) is 11.4 Å². The Morgan fingerprint density at radius 3 is 2.57 bits per heavy atom. The highest BCUT2D eigenvalue weighted by Gasteiger charge is 2.23. The Hall–Kier alpha value is -2.15. The minimum absolute atomic E-state index is 0.106. The molecule has 21 heavy (non-hydrogen) atoms. The van der Waals surface area contributed by atoms with Crippen molar-refractivity contribution >= 4 is 17.3 Å². The van der Waals surface area contributed by atoms with Gasteiger partial charge in [-0.1, -0.05) is 19.9 Å². The van der Waals surface area contributed by atoms with E-state index in [-0.39, 0.29) is 22.4 Å². The Kier molecular flexibility index (Phi) is 5.26. The number of benzene rings is 1. The predicted molar refractivity (Wildman–Crippen MR) is 82.2 cm³/mol. The molecule has 0 aliphatic carbocycles. The molecule has 1 rings (SSSR count). The van der Waals surface area contributed by atoms with Gasteiger partial charge in [0.15, 0.2) is 0 Å². The number of nitrogens with two attached hydrogens (primary N) is 1. The molecule has 7 nitrogen and oxygen atoms in total. The molecule has 0 aliphatic rings. The molecule has 0 bridgehead atoms. The van der Waals surface area contributed by atoms with Crippen molar-refractivity contribution < 1.29 is 9.72 Å². The Morgan fingerprint density at radius 1 is 1.43 bits per heavy atom. The molecule has 0 saturated carbocycles. The maximum atomic E-state index is 12.1. The summed E-state index contributed by atoms with van der Waals surface area (Å²) in [5, 5.41) is 13.6. The maximum absolute atomic E-state index is 12.1. The fourth-order valence-corrected chi connectivity index (χ4v) is 2.24. The molecule has 0 fully saturated rings. The topological polar surface area (TPSA) is 102 Å². The van der Waals surface area contributed by atoms with Gasteiger partial charge in [0.1, 0.15) is 5.69 Å². The highest BCUT2D eigenvalue weighted by atomic mass is 16.6. The van der Waals surface area contributed by atoms with Gasteiger partial charge in [0.05, 0.1) is 10.5 Å². The Balaban J connectivity index is 2.82. The second kappa shape index (κ2) is 6.53. The molecule has 0 spiro atoms. The molecule has 1 aromatic carbocycles. The molecule has 7 heteroatoms. The first kappa shape index (κ1) is 16.9. The number of anilines is 1. The van der Waals surface area contributed by atoms with Crippen LogP contribution in [0.25, 0.3) is 0 Å². The molecule has 0 radical (unpaired) electrons. The van der Waals surface area contributed by atoms with E-state index < -0.39 is 10.8 Å². The fraction of sp³-hybridized carbons (Fsp3) is 0.500. The lowest BCUT2D eigenvalue weighted by Gasteiger charge is -2.28. The molecular weight excluding hydrogens is 272 g/mol. The number of nitro groups is 1. The van der Waals surface area contributed by atoms with Crippen molar-refractivity contribution in [2.24, 2.45) is 5.41 Å². The third-order valence-corrected chi connectivity index (χ3v) is 3.00. The van der Waals surface area contributed by atoms with Gasteiger partial charge >= 0.3 is 0 Å². The van der Waals surface area contributed by atoms with Gasteiger partial charge in [0, 0.05) is 19.2 Å². The molecule has 0 aliphatic heterocycles. The summed E-state index contributed by atoms with van der Waals surface area (Å²) in [6, 6.07) is 4.22. The predicted octanol–water partition coefficient (Wildman–Crippen LogP) is 1.49. The van der Waals surface area contributed by atoms with Crippen LogP contribution >= 0.6 is 0 Å². The van der Waals surface area contributed by atoms with Crippen LogP contribution in [0.5, 0.6) is 0 Å². The summed E-state index contributed by atoms with van der Waals surface area (Å²) in [7, 11) is 3.92. The van der Waals surface area contributed by atoms with Gasteiger partial charge in [0.25, 0.3) is 11.6 Å². The third-order valence-electron chi connectivity index (χ3n) is 3.00. The summed E-state index contributed by atoms with van der Waals surface area (Å²) < 4.78 is 0. The number of nitrogen functional groups attached to an aromatic ring is 1. The lowest BCUT2D eigenvalue weighted by molar-refractivity contribution is -0.383. The molecule has 0 atom stereocenters. The van der Waals surface area contributed by atoms with Crippen LogP contribution in [0, 0.1) is 15.5 Å². The van der Waals surface area contributed by atoms with Crippen molar-refractivity contribution in [2.45, 2.75) is 13.8 Å². The van der Waals surface area contributed by atoms with Gasteiger partial charge in [-0.3, -0.25) is 14.9 Å². The smallest absolute Gasteiger partial charge is 0.292 e. The largest absolute Gasteiger partial charge is 0.393 e. The van der Waals surface area contributed by atoms with Gasteiger partial charge < -0.3 is 16.0 Å². The zero-order valence-electron chi connectivity index (χ0n) is 12.8. The summed E-state index contributed by atoms with van der Waals surface area (Å²) >= 11 is 0. The van der Waals surface area contributed by atoms with Crippen LogP contribution < -0.4 is 11.1 Å². The Morgan fingerprint density at radius 2 is 2.05 bits per heavy atom. The second-order valence-corrected chi connectivity index (χ2v) is 6.08. The van der Waals surface area contributed by atoms with E-state index in [4.69, 9.17) is 5.73 Å². The number of nitrogens with zero attached hydrogens (tertiary/aromatic N) is 2. The number of nitro benzene ring substituents is 1. The van der Waals surface area contributed by atoms with Crippen LogP contribution in [-0.4, -0.2) is 42.9 Å². The number of hydrogen-bond acceptors (Lipinski definition) is 5. The van der Waals surface area contributed by atoms with Gasteiger partial charge in [-0.2, -0.15) is 0 Å². The normalized spacial score (nSPS) is 11.5. The van der Waals surface area contributed by atoms with Gasteiger partial charge in [-0.15, -0.1) is 0 Å². The van der Waals surface area contributed by atoms with Gasteiger partial charge in [0.2, 0.25) is 0 Å². The van der Waals surface area contributed by atoms with Crippen LogP contribution in [0.3, 0.4) is 0 Å². The number of hydrogen-bond donors (Lipinski definition) is 2. The molecule has 116 valence electrons. The minimum Gasteiger partial charge on any atom is -0.393 e. The van der Waals surface area contributed by atoms with E-state index >= 15 is 0 Å². The summed E-state index contributed by atoms with van der Waals surface area (Å²) in [6.45, 7) is 5.32. The average Bonchev–Trinajstić information content (AvgIpc) is 2.34. The van der Waals surface area contributed by atoms with Crippen LogP contribution in [0.2, 0.25) is 0 Å². The first-order chi connectivity index (χ1) is 9.64. The van der Waals surface area contributed by atoms with Crippen molar-refractivity contribution in [3.05, 3.63) is 33.9 Å². The van der Waals surface area contributed by atoms with Crippen molar-refractivity contribution in [2.75, 3.05) is 32.9 Å². The number of nitrogens with one attached hydrogen (secondary N) is 1. The first-order valence-corrected chi connectivity index (χ1v) is 6.60.